The monoisotopic (exact) mass is 312 g/mol. The first kappa shape index (κ1) is 15.7. The molecule has 0 aliphatic carbocycles. The highest BCUT2D eigenvalue weighted by Gasteiger charge is 2.18. The fourth-order valence-electron chi connectivity index (χ4n) is 2.84. The Morgan fingerprint density at radius 3 is 2.43 bits per heavy atom. The van der Waals surface area contributed by atoms with Crippen molar-refractivity contribution in [2.24, 2.45) is 0 Å². The third kappa shape index (κ3) is 4.20. The molecule has 0 N–H and O–H groups in total. The van der Waals surface area contributed by atoms with E-state index in [1.54, 1.807) is 7.11 Å². The van der Waals surface area contributed by atoms with E-state index in [0.29, 0.717) is 0 Å². The molecule has 1 fully saturated rings. The molecule has 2 aromatic rings. The highest BCUT2D eigenvalue weighted by Crippen LogP contribution is 2.14. The van der Waals surface area contributed by atoms with E-state index in [4.69, 9.17) is 4.74 Å². The Morgan fingerprint density at radius 2 is 1.78 bits per heavy atom. The molecule has 1 saturated heterocycles. The maximum absolute atomic E-state index is 5.20. The largest absolute Gasteiger partial charge is 0.497 e. The molecule has 122 valence electrons. The summed E-state index contributed by atoms with van der Waals surface area (Å²) in [5.41, 5.74) is 2.38. The van der Waals surface area contributed by atoms with Crippen LogP contribution in [0.15, 0.2) is 36.5 Å². The van der Waals surface area contributed by atoms with Crippen LogP contribution in [0.2, 0.25) is 0 Å². The van der Waals surface area contributed by atoms with Gasteiger partial charge >= 0.3 is 0 Å². The molecule has 0 atom stereocenters. The van der Waals surface area contributed by atoms with Gasteiger partial charge in [0, 0.05) is 44.6 Å². The minimum Gasteiger partial charge on any atom is -0.497 e. The highest BCUT2D eigenvalue weighted by atomic mass is 16.5. The predicted molar refractivity (Wildman–Crippen MR) is 92.1 cm³/mol. The van der Waals surface area contributed by atoms with Gasteiger partial charge in [-0.25, -0.2) is 9.97 Å². The Balaban J connectivity index is 1.47. The second kappa shape index (κ2) is 7.42. The van der Waals surface area contributed by atoms with Crippen LogP contribution in [0.4, 0.5) is 5.95 Å². The number of methoxy groups -OCH3 is 1. The molecule has 23 heavy (non-hydrogen) atoms. The molecule has 0 saturated carbocycles. The fourth-order valence-corrected chi connectivity index (χ4v) is 2.84. The zero-order valence-corrected chi connectivity index (χ0v) is 13.9. The number of anilines is 1. The lowest BCUT2D eigenvalue weighted by Crippen LogP contribution is -2.47. The second-order valence-corrected chi connectivity index (χ2v) is 5.92. The number of nitrogens with zero attached hydrogens (tertiary/aromatic N) is 4. The summed E-state index contributed by atoms with van der Waals surface area (Å²) in [6.07, 6.45) is 2.92. The molecule has 0 spiro atoms. The first-order valence-corrected chi connectivity index (χ1v) is 8.14. The van der Waals surface area contributed by atoms with Gasteiger partial charge in [0.05, 0.1) is 7.11 Å². The number of aromatic nitrogens is 2. The molecule has 2 heterocycles. The highest BCUT2D eigenvalue weighted by molar-refractivity contribution is 5.31. The number of aryl methyl sites for hydroxylation is 1. The zero-order valence-electron chi connectivity index (χ0n) is 13.9. The third-order valence-corrected chi connectivity index (χ3v) is 4.31. The lowest BCUT2D eigenvalue weighted by Gasteiger charge is -2.34. The van der Waals surface area contributed by atoms with Crippen LogP contribution in [0, 0.1) is 6.92 Å². The summed E-state index contributed by atoms with van der Waals surface area (Å²) in [6.45, 7) is 7.21. The van der Waals surface area contributed by atoms with Gasteiger partial charge in [0.2, 0.25) is 5.95 Å². The molecule has 3 rings (SSSR count). The number of benzene rings is 1. The Labute approximate surface area is 137 Å². The first-order chi connectivity index (χ1) is 11.2. The molecule has 1 aliphatic rings. The molecule has 5 nitrogen and oxygen atoms in total. The second-order valence-electron chi connectivity index (χ2n) is 5.92. The van der Waals surface area contributed by atoms with Crippen molar-refractivity contribution >= 4 is 5.95 Å². The summed E-state index contributed by atoms with van der Waals surface area (Å²) in [5.74, 6) is 1.78. The maximum Gasteiger partial charge on any atom is 0.225 e. The van der Waals surface area contributed by atoms with Gasteiger partial charge in [0.1, 0.15) is 5.75 Å². The Morgan fingerprint density at radius 1 is 1.04 bits per heavy atom. The first-order valence-electron chi connectivity index (χ1n) is 8.14. The third-order valence-electron chi connectivity index (χ3n) is 4.31. The van der Waals surface area contributed by atoms with Gasteiger partial charge in [0.25, 0.3) is 0 Å². The van der Waals surface area contributed by atoms with Gasteiger partial charge < -0.3 is 9.64 Å². The zero-order chi connectivity index (χ0) is 16.1. The fraction of sp³-hybridized carbons (Fsp3) is 0.444. The maximum atomic E-state index is 5.20. The van der Waals surface area contributed by atoms with Gasteiger partial charge in [0.15, 0.2) is 0 Å². The number of hydrogen-bond donors (Lipinski definition) is 0. The smallest absolute Gasteiger partial charge is 0.225 e. The number of hydrogen-bond acceptors (Lipinski definition) is 5. The van der Waals surface area contributed by atoms with Crippen LogP contribution < -0.4 is 9.64 Å². The van der Waals surface area contributed by atoms with E-state index < -0.39 is 0 Å². The van der Waals surface area contributed by atoms with Crippen LogP contribution in [0.3, 0.4) is 0 Å². The van der Waals surface area contributed by atoms with Crippen LogP contribution in [0.25, 0.3) is 0 Å². The van der Waals surface area contributed by atoms with Crippen molar-refractivity contribution in [3.63, 3.8) is 0 Å². The normalized spacial score (nSPS) is 15.7. The van der Waals surface area contributed by atoms with Crippen molar-refractivity contribution in [3.05, 3.63) is 47.8 Å². The van der Waals surface area contributed by atoms with Crippen LogP contribution in [0.1, 0.15) is 11.3 Å². The van der Waals surface area contributed by atoms with Crippen molar-refractivity contribution in [2.45, 2.75) is 13.3 Å². The van der Waals surface area contributed by atoms with Crippen molar-refractivity contribution in [2.75, 3.05) is 44.7 Å². The average molecular weight is 312 g/mol. The van der Waals surface area contributed by atoms with Crippen molar-refractivity contribution < 1.29 is 4.74 Å². The summed E-state index contributed by atoms with van der Waals surface area (Å²) in [7, 11) is 1.70. The quantitative estimate of drug-likeness (QED) is 0.846. The summed E-state index contributed by atoms with van der Waals surface area (Å²) in [6, 6.07) is 10.3. The SMILES string of the molecule is COc1ccc(CCN2CCN(c3nccc(C)n3)CC2)cc1. The Hall–Kier alpha value is -2.14. The van der Waals surface area contributed by atoms with Crippen molar-refractivity contribution in [3.8, 4) is 5.75 Å². The molecular weight excluding hydrogens is 288 g/mol. The molecule has 0 amide bonds. The van der Waals surface area contributed by atoms with Crippen LogP contribution in [-0.2, 0) is 6.42 Å². The molecule has 0 radical (unpaired) electrons. The van der Waals surface area contributed by atoms with E-state index >= 15 is 0 Å². The number of piperazine rings is 1. The molecule has 5 heteroatoms. The van der Waals surface area contributed by atoms with Gasteiger partial charge in [-0.05, 0) is 37.1 Å². The molecule has 1 aromatic carbocycles. The average Bonchev–Trinajstić information content (AvgIpc) is 2.61. The number of rotatable bonds is 5. The summed E-state index contributed by atoms with van der Waals surface area (Å²) >= 11 is 0. The number of ether oxygens (including phenoxy) is 1. The van der Waals surface area contributed by atoms with E-state index in [1.165, 1.54) is 5.56 Å². The summed E-state index contributed by atoms with van der Waals surface area (Å²) in [4.78, 5) is 13.7. The van der Waals surface area contributed by atoms with E-state index in [1.807, 2.05) is 31.3 Å². The minimum absolute atomic E-state index is 0.861. The van der Waals surface area contributed by atoms with Crippen LogP contribution >= 0.6 is 0 Å². The molecule has 0 unspecified atom stereocenters. The molecule has 1 aliphatic heterocycles. The lowest BCUT2D eigenvalue weighted by atomic mass is 10.1. The molecule has 1 aromatic heterocycles. The summed E-state index contributed by atoms with van der Waals surface area (Å²) < 4.78 is 5.20. The summed E-state index contributed by atoms with van der Waals surface area (Å²) in [5, 5.41) is 0. The van der Waals surface area contributed by atoms with Crippen molar-refractivity contribution in [1.82, 2.24) is 14.9 Å². The van der Waals surface area contributed by atoms with E-state index in [0.717, 1.165) is 56.5 Å². The van der Waals surface area contributed by atoms with E-state index in [9.17, 15) is 0 Å². The topological polar surface area (TPSA) is 41.5 Å². The van der Waals surface area contributed by atoms with E-state index in [-0.39, 0.29) is 0 Å². The Kier molecular flexibility index (Phi) is 5.08. The van der Waals surface area contributed by atoms with Gasteiger partial charge in [-0.3, -0.25) is 4.90 Å². The van der Waals surface area contributed by atoms with Crippen LogP contribution in [-0.4, -0.2) is 54.7 Å². The van der Waals surface area contributed by atoms with Gasteiger partial charge in [-0.15, -0.1) is 0 Å². The van der Waals surface area contributed by atoms with E-state index in [2.05, 4.69) is 31.9 Å². The molecular formula is C18H24N4O. The standard InChI is InChI=1S/C18H24N4O/c1-15-7-9-19-18(20-15)22-13-11-21(12-14-22)10-8-16-3-5-17(23-2)6-4-16/h3-7,9H,8,10-14H2,1-2H3. The Bertz CT molecular complexity index is 621. The van der Waals surface area contributed by atoms with Gasteiger partial charge in [-0.2, -0.15) is 0 Å². The predicted octanol–water partition coefficient (Wildman–Crippen LogP) is 2.16. The minimum atomic E-state index is 0.861. The molecule has 0 bridgehead atoms. The van der Waals surface area contributed by atoms with Crippen molar-refractivity contribution in [1.29, 1.82) is 0 Å². The lowest BCUT2D eigenvalue weighted by molar-refractivity contribution is 0.259. The van der Waals surface area contributed by atoms with Crippen LogP contribution in [0.5, 0.6) is 5.75 Å². The van der Waals surface area contributed by atoms with Gasteiger partial charge in [-0.1, -0.05) is 12.1 Å².